The highest BCUT2D eigenvalue weighted by Crippen LogP contribution is 2.13. The lowest BCUT2D eigenvalue weighted by molar-refractivity contribution is 0.242. The van der Waals surface area contributed by atoms with Crippen LogP contribution in [0, 0.1) is 0 Å². The van der Waals surface area contributed by atoms with Crippen LogP contribution in [0.5, 0.6) is 5.75 Å². The Balaban J connectivity index is 2.22. The van der Waals surface area contributed by atoms with Gasteiger partial charge in [0, 0.05) is 6.04 Å². The molecule has 1 rings (SSSR count). The van der Waals surface area contributed by atoms with Crippen molar-refractivity contribution < 1.29 is 4.74 Å². The number of nitrogens with two attached hydrogens (primary N) is 1. The van der Waals surface area contributed by atoms with Crippen molar-refractivity contribution >= 4 is 0 Å². The van der Waals surface area contributed by atoms with Crippen LogP contribution in [0.25, 0.3) is 0 Å². The lowest BCUT2D eigenvalue weighted by atomic mass is 10.1. The fourth-order valence-electron chi connectivity index (χ4n) is 1.69. The summed E-state index contributed by atoms with van der Waals surface area (Å²) in [5, 5.41) is 3.40. The Bertz CT molecular complexity index is 320. The van der Waals surface area contributed by atoms with Crippen LogP contribution in [0.3, 0.4) is 0 Å². The van der Waals surface area contributed by atoms with Gasteiger partial charge in [0.15, 0.2) is 0 Å². The number of ether oxygens (including phenoxy) is 1. The van der Waals surface area contributed by atoms with Gasteiger partial charge in [-0.2, -0.15) is 0 Å². The first-order chi connectivity index (χ1) is 8.58. The van der Waals surface area contributed by atoms with Crippen molar-refractivity contribution in [1.82, 2.24) is 5.32 Å². The quantitative estimate of drug-likeness (QED) is 0.696. The molecule has 0 saturated carbocycles. The van der Waals surface area contributed by atoms with Crippen molar-refractivity contribution in [3.8, 4) is 5.75 Å². The van der Waals surface area contributed by atoms with E-state index in [1.54, 1.807) is 0 Å². The Morgan fingerprint density at radius 2 is 1.78 bits per heavy atom. The second-order valence-electron chi connectivity index (χ2n) is 5.08. The molecule has 0 heterocycles. The van der Waals surface area contributed by atoms with Crippen LogP contribution in [0.4, 0.5) is 0 Å². The van der Waals surface area contributed by atoms with E-state index in [0.29, 0.717) is 0 Å². The summed E-state index contributed by atoms with van der Waals surface area (Å²) in [6, 6.07) is 8.62. The number of hydrogen-bond donors (Lipinski definition) is 2. The van der Waals surface area contributed by atoms with E-state index in [-0.39, 0.29) is 12.1 Å². The van der Waals surface area contributed by atoms with E-state index in [1.807, 2.05) is 32.9 Å². The van der Waals surface area contributed by atoms with Gasteiger partial charge in [-0.25, -0.2) is 0 Å². The van der Waals surface area contributed by atoms with E-state index in [2.05, 4.69) is 17.4 Å². The second-order valence-corrected chi connectivity index (χ2v) is 5.08. The average molecular weight is 250 g/mol. The molecule has 0 saturated heterocycles. The highest BCUT2D eigenvalue weighted by Gasteiger charge is 1.98. The van der Waals surface area contributed by atoms with Crippen LogP contribution in [0.1, 0.15) is 32.8 Å². The zero-order valence-corrected chi connectivity index (χ0v) is 11.8. The minimum atomic E-state index is 0.232. The third-order valence-corrected chi connectivity index (χ3v) is 2.66. The molecule has 0 fully saturated rings. The fraction of sp³-hybridized carbons (Fsp3) is 0.600. The zero-order chi connectivity index (χ0) is 13.4. The maximum absolute atomic E-state index is 5.69. The Hall–Kier alpha value is -1.06. The van der Waals surface area contributed by atoms with E-state index in [1.165, 1.54) is 5.56 Å². The maximum atomic E-state index is 5.69. The van der Waals surface area contributed by atoms with Gasteiger partial charge in [-0.05, 0) is 64.4 Å². The molecule has 0 bridgehead atoms. The third kappa shape index (κ3) is 6.62. The highest BCUT2D eigenvalue weighted by molar-refractivity contribution is 5.27. The Morgan fingerprint density at radius 1 is 1.11 bits per heavy atom. The van der Waals surface area contributed by atoms with Crippen LogP contribution in [0.15, 0.2) is 24.3 Å². The molecule has 18 heavy (non-hydrogen) atoms. The molecule has 0 aliphatic rings. The summed E-state index contributed by atoms with van der Waals surface area (Å²) in [5.74, 6) is 0.943. The van der Waals surface area contributed by atoms with Crippen LogP contribution in [-0.4, -0.2) is 25.2 Å². The monoisotopic (exact) mass is 250 g/mol. The molecule has 3 heteroatoms. The first kappa shape index (κ1) is 15.0. The van der Waals surface area contributed by atoms with Crippen LogP contribution in [0.2, 0.25) is 0 Å². The predicted octanol–water partition coefficient (Wildman–Crippen LogP) is 2.34. The molecule has 0 radical (unpaired) electrons. The molecule has 0 aliphatic heterocycles. The van der Waals surface area contributed by atoms with Gasteiger partial charge in [-0.15, -0.1) is 0 Å². The molecule has 0 amide bonds. The number of nitrogens with one attached hydrogen (secondary N) is 1. The fourth-order valence-corrected chi connectivity index (χ4v) is 1.69. The maximum Gasteiger partial charge on any atom is 0.119 e. The zero-order valence-electron chi connectivity index (χ0n) is 11.8. The molecular formula is C15H26N2O. The molecule has 3 nitrogen and oxygen atoms in total. The van der Waals surface area contributed by atoms with Gasteiger partial charge in [0.2, 0.25) is 0 Å². The molecule has 0 aliphatic carbocycles. The Labute approximate surface area is 111 Å². The summed E-state index contributed by atoms with van der Waals surface area (Å²) in [6.45, 7) is 8.10. The SMILES string of the molecule is CC(N)CCNCCc1ccc(OC(C)C)cc1. The molecular weight excluding hydrogens is 224 g/mol. The molecule has 1 aromatic rings. The first-order valence-corrected chi connectivity index (χ1v) is 6.80. The Morgan fingerprint density at radius 3 is 2.33 bits per heavy atom. The Kier molecular flexibility index (Phi) is 6.76. The van der Waals surface area contributed by atoms with Crippen molar-refractivity contribution in [1.29, 1.82) is 0 Å². The topological polar surface area (TPSA) is 47.3 Å². The van der Waals surface area contributed by atoms with Crippen LogP contribution in [-0.2, 0) is 6.42 Å². The van der Waals surface area contributed by atoms with Gasteiger partial charge in [-0.3, -0.25) is 0 Å². The van der Waals surface area contributed by atoms with Crippen molar-refractivity contribution in [2.75, 3.05) is 13.1 Å². The van der Waals surface area contributed by atoms with Gasteiger partial charge in [0.05, 0.1) is 6.10 Å². The summed E-state index contributed by atoms with van der Waals surface area (Å²) in [4.78, 5) is 0. The van der Waals surface area contributed by atoms with Crippen molar-refractivity contribution in [2.45, 2.75) is 45.8 Å². The first-order valence-electron chi connectivity index (χ1n) is 6.80. The lowest BCUT2D eigenvalue weighted by Gasteiger charge is -2.10. The van der Waals surface area contributed by atoms with Crippen LogP contribution >= 0.6 is 0 Å². The molecule has 3 N–H and O–H groups in total. The van der Waals surface area contributed by atoms with E-state index < -0.39 is 0 Å². The molecule has 1 atom stereocenters. The van der Waals surface area contributed by atoms with Gasteiger partial charge in [-0.1, -0.05) is 12.1 Å². The van der Waals surface area contributed by atoms with Gasteiger partial charge in [0.25, 0.3) is 0 Å². The minimum Gasteiger partial charge on any atom is -0.491 e. The minimum absolute atomic E-state index is 0.232. The lowest BCUT2D eigenvalue weighted by Crippen LogP contribution is -2.25. The number of benzene rings is 1. The van der Waals surface area contributed by atoms with E-state index in [4.69, 9.17) is 10.5 Å². The van der Waals surface area contributed by atoms with Gasteiger partial charge in [0.1, 0.15) is 5.75 Å². The molecule has 102 valence electrons. The largest absolute Gasteiger partial charge is 0.491 e. The smallest absolute Gasteiger partial charge is 0.119 e. The summed E-state index contributed by atoms with van der Waals surface area (Å²) in [7, 11) is 0. The third-order valence-electron chi connectivity index (χ3n) is 2.66. The summed E-state index contributed by atoms with van der Waals surface area (Å²) in [6.07, 6.45) is 2.30. The van der Waals surface area contributed by atoms with Crippen LogP contribution < -0.4 is 15.8 Å². The molecule has 1 unspecified atom stereocenters. The second kappa shape index (κ2) is 8.11. The van der Waals surface area contributed by atoms with E-state index in [0.717, 1.165) is 31.7 Å². The van der Waals surface area contributed by atoms with E-state index in [9.17, 15) is 0 Å². The van der Waals surface area contributed by atoms with Gasteiger partial charge >= 0.3 is 0 Å². The van der Waals surface area contributed by atoms with Gasteiger partial charge < -0.3 is 15.8 Å². The van der Waals surface area contributed by atoms with Crippen molar-refractivity contribution in [3.05, 3.63) is 29.8 Å². The number of rotatable bonds is 8. The summed E-state index contributed by atoms with van der Waals surface area (Å²) >= 11 is 0. The normalized spacial score (nSPS) is 12.7. The molecule has 0 spiro atoms. The average Bonchev–Trinajstić information content (AvgIpc) is 2.30. The van der Waals surface area contributed by atoms with Crippen molar-refractivity contribution in [2.24, 2.45) is 5.73 Å². The number of hydrogen-bond acceptors (Lipinski definition) is 3. The summed E-state index contributed by atoms with van der Waals surface area (Å²) < 4.78 is 5.61. The highest BCUT2D eigenvalue weighted by atomic mass is 16.5. The molecule has 0 aromatic heterocycles. The predicted molar refractivity (Wildman–Crippen MR) is 77.0 cm³/mol. The van der Waals surface area contributed by atoms with E-state index >= 15 is 0 Å². The molecule has 1 aromatic carbocycles. The van der Waals surface area contributed by atoms with Crippen molar-refractivity contribution in [3.63, 3.8) is 0 Å². The standard InChI is InChI=1S/C15H26N2O/c1-12(2)18-15-6-4-14(5-7-15)9-11-17-10-8-13(3)16/h4-7,12-13,17H,8-11,16H2,1-3H3. The summed E-state index contributed by atoms with van der Waals surface area (Å²) in [5.41, 5.74) is 7.02.